The van der Waals surface area contributed by atoms with Crippen LogP contribution in [-0.2, 0) is 0 Å². The number of benzene rings is 2. The summed E-state index contributed by atoms with van der Waals surface area (Å²) in [5.74, 6) is -0.747. The third-order valence-corrected chi connectivity index (χ3v) is 3.47. The molecule has 23 heavy (non-hydrogen) atoms. The van der Waals surface area contributed by atoms with E-state index in [4.69, 9.17) is 0 Å². The van der Waals surface area contributed by atoms with Gasteiger partial charge in [0, 0.05) is 27.7 Å². The Bertz CT molecular complexity index is 869. The molecule has 2 aromatic rings. The lowest BCUT2D eigenvalue weighted by molar-refractivity contribution is -0.384. The Balaban J connectivity index is 2.45. The number of halogens is 1. The SMILES string of the molecule is N#C/C(=C\c1cc(Br)ccc1O)C(=O)c1cccc([N+](=O)[O-])c1. The van der Waals surface area contributed by atoms with Crippen LogP contribution in [0.5, 0.6) is 5.75 Å². The quantitative estimate of drug-likeness (QED) is 0.288. The van der Waals surface area contributed by atoms with Crippen molar-refractivity contribution in [2.45, 2.75) is 0 Å². The summed E-state index contributed by atoms with van der Waals surface area (Å²) in [5, 5.41) is 29.7. The Labute approximate surface area is 139 Å². The van der Waals surface area contributed by atoms with Gasteiger partial charge in [-0.2, -0.15) is 5.26 Å². The molecule has 0 spiro atoms. The minimum absolute atomic E-state index is 0.0292. The third kappa shape index (κ3) is 3.81. The number of nitro benzene ring substituents is 1. The number of rotatable bonds is 4. The number of carbonyl (C=O) groups excluding carboxylic acids is 1. The lowest BCUT2D eigenvalue weighted by atomic mass is 10.0. The zero-order valence-electron chi connectivity index (χ0n) is 11.6. The number of nitro groups is 1. The minimum atomic E-state index is -0.657. The highest BCUT2D eigenvalue weighted by Gasteiger charge is 2.16. The van der Waals surface area contributed by atoms with Crippen molar-refractivity contribution in [3.05, 3.63) is 73.8 Å². The van der Waals surface area contributed by atoms with Crippen molar-refractivity contribution in [3.8, 4) is 11.8 Å². The predicted molar refractivity (Wildman–Crippen MR) is 86.8 cm³/mol. The third-order valence-electron chi connectivity index (χ3n) is 2.97. The highest BCUT2D eigenvalue weighted by Crippen LogP contribution is 2.25. The number of non-ortho nitro benzene ring substituents is 1. The summed E-state index contributed by atoms with van der Waals surface area (Å²) in [5.41, 5.74) is -0.159. The van der Waals surface area contributed by atoms with Crippen molar-refractivity contribution in [3.63, 3.8) is 0 Å². The van der Waals surface area contributed by atoms with E-state index in [9.17, 15) is 25.3 Å². The fourth-order valence-corrected chi connectivity index (χ4v) is 2.24. The first-order valence-electron chi connectivity index (χ1n) is 6.32. The molecule has 2 rings (SSSR count). The maximum absolute atomic E-state index is 12.3. The second-order valence-corrected chi connectivity index (χ2v) is 5.43. The van der Waals surface area contributed by atoms with Crippen molar-refractivity contribution >= 4 is 33.5 Å². The molecule has 6 nitrogen and oxygen atoms in total. The Hall–Kier alpha value is -2.98. The van der Waals surface area contributed by atoms with Gasteiger partial charge in [-0.1, -0.05) is 28.1 Å². The molecule has 0 aliphatic rings. The number of carbonyl (C=O) groups is 1. The van der Waals surface area contributed by atoms with Gasteiger partial charge in [-0.25, -0.2) is 0 Å². The molecular formula is C16H9BrN2O4. The van der Waals surface area contributed by atoms with Crippen molar-refractivity contribution < 1.29 is 14.8 Å². The molecule has 0 saturated heterocycles. The number of Topliss-reactive ketones (excluding diaryl/α,β-unsaturated/α-hetero) is 1. The summed E-state index contributed by atoms with van der Waals surface area (Å²) >= 11 is 3.23. The first-order chi connectivity index (χ1) is 10.9. The summed E-state index contributed by atoms with van der Waals surface area (Å²) in [4.78, 5) is 22.5. The molecule has 1 N–H and O–H groups in total. The van der Waals surface area contributed by atoms with Crippen LogP contribution in [0.3, 0.4) is 0 Å². The predicted octanol–water partition coefficient (Wildman–Crippen LogP) is 3.85. The first kappa shape index (κ1) is 16.4. The Kier molecular flexibility index (Phi) is 4.88. The molecule has 114 valence electrons. The molecule has 0 radical (unpaired) electrons. The van der Waals surface area contributed by atoms with E-state index < -0.39 is 10.7 Å². The van der Waals surface area contributed by atoms with Gasteiger partial charge in [0.1, 0.15) is 17.4 Å². The summed E-state index contributed by atoms with van der Waals surface area (Å²) in [7, 11) is 0. The molecule has 0 unspecified atom stereocenters. The van der Waals surface area contributed by atoms with Crippen LogP contribution in [0, 0.1) is 21.4 Å². The molecule has 0 fully saturated rings. The average molecular weight is 373 g/mol. The smallest absolute Gasteiger partial charge is 0.270 e. The number of ketones is 1. The van der Waals surface area contributed by atoms with Crippen molar-refractivity contribution in [1.29, 1.82) is 5.26 Å². The Morgan fingerprint density at radius 1 is 1.30 bits per heavy atom. The number of hydrogen-bond donors (Lipinski definition) is 1. The zero-order valence-corrected chi connectivity index (χ0v) is 13.1. The molecule has 0 saturated carbocycles. The number of aromatic hydroxyl groups is 1. The zero-order chi connectivity index (χ0) is 17.0. The fourth-order valence-electron chi connectivity index (χ4n) is 1.86. The van der Waals surface area contributed by atoms with Gasteiger partial charge in [0.2, 0.25) is 5.78 Å². The molecule has 7 heteroatoms. The monoisotopic (exact) mass is 372 g/mol. The van der Waals surface area contributed by atoms with Gasteiger partial charge in [-0.15, -0.1) is 0 Å². The van der Waals surface area contributed by atoms with Crippen LogP contribution in [0.4, 0.5) is 5.69 Å². The van der Waals surface area contributed by atoms with E-state index in [-0.39, 0.29) is 28.1 Å². The van der Waals surface area contributed by atoms with Crippen LogP contribution in [0.25, 0.3) is 6.08 Å². The van der Waals surface area contributed by atoms with Crippen LogP contribution in [0.15, 0.2) is 52.5 Å². The minimum Gasteiger partial charge on any atom is -0.507 e. The van der Waals surface area contributed by atoms with E-state index in [2.05, 4.69) is 15.9 Å². The summed E-state index contributed by atoms with van der Waals surface area (Å²) in [6.45, 7) is 0. The van der Waals surface area contributed by atoms with Crippen molar-refractivity contribution in [2.24, 2.45) is 0 Å². The molecule has 0 heterocycles. The lowest BCUT2D eigenvalue weighted by Gasteiger charge is -2.02. The molecule has 0 aromatic heterocycles. The van der Waals surface area contributed by atoms with Gasteiger partial charge in [0.15, 0.2) is 0 Å². The Morgan fingerprint density at radius 2 is 2.04 bits per heavy atom. The lowest BCUT2D eigenvalue weighted by Crippen LogP contribution is -2.02. The van der Waals surface area contributed by atoms with Gasteiger partial charge >= 0.3 is 0 Å². The van der Waals surface area contributed by atoms with Crippen LogP contribution in [0.1, 0.15) is 15.9 Å². The van der Waals surface area contributed by atoms with Crippen LogP contribution < -0.4 is 0 Å². The van der Waals surface area contributed by atoms with E-state index in [0.29, 0.717) is 4.47 Å². The maximum Gasteiger partial charge on any atom is 0.270 e. The Morgan fingerprint density at radius 3 is 2.70 bits per heavy atom. The van der Waals surface area contributed by atoms with Crippen molar-refractivity contribution in [2.75, 3.05) is 0 Å². The summed E-state index contributed by atoms with van der Waals surface area (Å²) < 4.78 is 0.668. The van der Waals surface area contributed by atoms with Gasteiger partial charge < -0.3 is 5.11 Å². The van der Waals surface area contributed by atoms with Crippen LogP contribution in [-0.4, -0.2) is 15.8 Å². The van der Waals surface area contributed by atoms with E-state index in [0.717, 1.165) is 6.07 Å². The molecule has 0 bridgehead atoms. The van der Waals surface area contributed by atoms with E-state index >= 15 is 0 Å². The van der Waals surface area contributed by atoms with Crippen molar-refractivity contribution in [1.82, 2.24) is 0 Å². The highest BCUT2D eigenvalue weighted by molar-refractivity contribution is 9.10. The topological polar surface area (TPSA) is 104 Å². The number of phenols is 1. The second-order valence-electron chi connectivity index (χ2n) is 4.51. The number of phenolic OH excluding ortho intramolecular Hbond substituents is 1. The molecule has 0 atom stereocenters. The maximum atomic E-state index is 12.3. The number of nitrogens with zero attached hydrogens (tertiary/aromatic N) is 2. The van der Waals surface area contributed by atoms with Gasteiger partial charge in [-0.3, -0.25) is 14.9 Å². The van der Waals surface area contributed by atoms with Gasteiger partial charge in [0.25, 0.3) is 5.69 Å². The average Bonchev–Trinajstić information content (AvgIpc) is 2.55. The molecule has 2 aromatic carbocycles. The fraction of sp³-hybridized carbons (Fsp3) is 0. The first-order valence-corrected chi connectivity index (χ1v) is 7.11. The van der Waals surface area contributed by atoms with Gasteiger partial charge in [0.05, 0.1) is 4.92 Å². The standard InChI is InChI=1S/C16H9BrN2O4/c17-13-4-5-15(20)11(7-13)6-12(9-18)16(21)10-2-1-3-14(8-10)19(22)23/h1-8,20H/b12-6+. The largest absolute Gasteiger partial charge is 0.507 e. The molecule has 0 aliphatic carbocycles. The van der Waals surface area contributed by atoms with E-state index in [1.54, 1.807) is 18.2 Å². The molecular weight excluding hydrogens is 364 g/mol. The molecule has 0 amide bonds. The van der Waals surface area contributed by atoms with Gasteiger partial charge in [-0.05, 0) is 24.3 Å². The molecule has 0 aliphatic heterocycles. The van der Waals surface area contributed by atoms with Crippen LogP contribution >= 0.6 is 15.9 Å². The van der Waals surface area contributed by atoms with E-state index in [1.807, 2.05) is 0 Å². The number of hydrogen-bond acceptors (Lipinski definition) is 5. The second kappa shape index (κ2) is 6.85. The highest BCUT2D eigenvalue weighted by atomic mass is 79.9. The normalized spacial score (nSPS) is 10.9. The number of nitriles is 1. The van der Waals surface area contributed by atoms with E-state index in [1.165, 1.54) is 30.3 Å². The van der Waals surface area contributed by atoms with Crippen LogP contribution in [0.2, 0.25) is 0 Å². The summed E-state index contributed by atoms with van der Waals surface area (Å²) in [6, 6.07) is 11.5. The summed E-state index contributed by atoms with van der Waals surface area (Å²) in [6.07, 6.45) is 1.24. The number of allylic oxidation sites excluding steroid dienone is 1.